The van der Waals surface area contributed by atoms with E-state index in [4.69, 9.17) is 4.42 Å². The molecule has 1 aromatic heterocycles. The zero-order valence-electron chi connectivity index (χ0n) is 11.8. The smallest absolute Gasteiger partial charge is 0.252 e. The standard InChI is InChI=1S/C17H19NO2/c1-13(2)12-18-17(19)16(11-15-9-6-10-20-15)14-7-4-3-5-8-14/h3-11,13H,12H2,1-2H3,(H,18,19)/b16-11+. The van der Waals surface area contributed by atoms with Crippen LogP contribution in [0.25, 0.3) is 11.6 Å². The van der Waals surface area contributed by atoms with Crippen molar-refractivity contribution in [3.05, 3.63) is 60.1 Å². The van der Waals surface area contributed by atoms with Gasteiger partial charge < -0.3 is 9.73 Å². The fourth-order valence-electron chi connectivity index (χ4n) is 1.81. The highest BCUT2D eigenvalue weighted by molar-refractivity contribution is 6.24. The van der Waals surface area contributed by atoms with E-state index >= 15 is 0 Å². The van der Waals surface area contributed by atoms with Crippen LogP contribution in [-0.4, -0.2) is 12.5 Å². The van der Waals surface area contributed by atoms with Gasteiger partial charge in [0.1, 0.15) is 5.76 Å². The molecule has 0 spiro atoms. The van der Waals surface area contributed by atoms with Gasteiger partial charge in [0.15, 0.2) is 0 Å². The molecule has 1 N–H and O–H groups in total. The molecule has 0 saturated heterocycles. The summed E-state index contributed by atoms with van der Waals surface area (Å²) < 4.78 is 5.30. The second-order valence-corrected chi connectivity index (χ2v) is 5.04. The van der Waals surface area contributed by atoms with Crippen LogP contribution in [0.5, 0.6) is 0 Å². The second-order valence-electron chi connectivity index (χ2n) is 5.04. The summed E-state index contributed by atoms with van der Waals surface area (Å²) in [7, 11) is 0. The number of nitrogens with one attached hydrogen (secondary N) is 1. The number of hydrogen-bond donors (Lipinski definition) is 1. The predicted octanol–water partition coefficient (Wildman–Crippen LogP) is 3.59. The largest absolute Gasteiger partial charge is 0.465 e. The van der Waals surface area contributed by atoms with Crippen molar-refractivity contribution in [2.24, 2.45) is 5.92 Å². The first-order chi connectivity index (χ1) is 9.66. The lowest BCUT2D eigenvalue weighted by atomic mass is 10.0. The van der Waals surface area contributed by atoms with Crippen LogP contribution >= 0.6 is 0 Å². The summed E-state index contributed by atoms with van der Waals surface area (Å²) in [5.74, 6) is 1.00. The number of furan rings is 1. The Bertz CT molecular complexity index is 568. The molecule has 2 aromatic rings. The van der Waals surface area contributed by atoms with Crippen molar-refractivity contribution >= 4 is 17.6 Å². The molecule has 20 heavy (non-hydrogen) atoms. The van der Waals surface area contributed by atoms with Crippen molar-refractivity contribution in [1.29, 1.82) is 0 Å². The third kappa shape index (κ3) is 3.85. The Morgan fingerprint density at radius 3 is 2.55 bits per heavy atom. The molecule has 0 unspecified atom stereocenters. The average molecular weight is 269 g/mol. The molecular weight excluding hydrogens is 250 g/mol. The number of hydrogen-bond acceptors (Lipinski definition) is 2. The van der Waals surface area contributed by atoms with Gasteiger partial charge in [0.2, 0.25) is 0 Å². The Kier molecular flexibility index (Phi) is 4.77. The SMILES string of the molecule is CC(C)CNC(=O)/C(=C/c1ccco1)c1ccccc1. The summed E-state index contributed by atoms with van der Waals surface area (Å²) in [5, 5.41) is 2.94. The predicted molar refractivity (Wildman–Crippen MR) is 80.9 cm³/mol. The Labute approximate surface area is 119 Å². The van der Waals surface area contributed by atoms with Crippen molar-refractivity contribution in [3.8, 4) is 0 Å². The van der Waals surface area contributed by atoms with Crippen LogP contribution in [0.1, 0.15) is 25.2 Å². The van der Waals surface area contributed by atoms with Gasteiger partial charge >= 0.3 is 0 Å². The zero-order valence-corrected chi connectivity index (χ0v) is 11.8. The fourth-order valence-corrected chi connectivity index (χ4v) is 1.81. The third-order valence-corrected chi connectivity index (χ3v) is 2.83. The van der Waals surface area contributed by atoms with Crippen molar-refractivity contribution in [2.75, 3.05) is 6.54 Å². The van der Waals surface area contributed by atoms with Gasteiger partial charge in [0.25, 0.3) is 5.91 Å². The molecule has 0 atom stereocenters. The minimum absolute atomic E-state index is 0.0821. The highest BCUT2D eigenvalue weighted by Crippen LogP contribution is 2.18. The average Bonchev–Trinajstić information content (AvgIpc) is 2.96. The Morgan fingerprint density at radius 1 is 1.20 bits per heavy atom. The van der Waals surface area contributed by atoms with Gasteiger partial charge in [-0.05, 0) is 29.7 Å². The minimum atomic E-state index is -0.0821. The molecule has 0 saturated carbocycles. The molecular formula is C17H19NO2. The quantitative estimate of drug-likeness (QED) is 0.843. The monoisotopic (exact) mass is 269 g/mol. The molecule has 2 rings (SSSR count). The van der Waals surface area contributed by atoms with Crippen LogP contribution in [0.3, 0.4) is 0 Å². The van der Waals surface area contributed by atoms with E-state index in [1.807, 2.05) is 36.4 Å². The third-order valence-electron chi connectivity index (χ3n) is 2.83. The van der Waals surface area contributed by atoms with E-state index in [0.29, 0.717) is 23.8 Å². The lowest BCUT2D eigenvalue weighted by Crippen LogP contribution is -2.28. The fraction of sp³-hybridized carbons (Fsp3) is 0.235. The first-order valence-corrected chi connectivity index (χ1v) is 6.75. The van der Waals surface area contributed by atoms with E-state index in [9.17, 15) is 4.79 Å². The van der Waals surface area contributed by atoms with Gasteiger partial charge in [-0.3, -0.25) is 4.79 Å². The van der Waals surface area contributed by atoms with Crippen LogP contribution in [0, 0.1) is 5.92 Å². The molecule has 3 heteroatoms. The molecule has 0 radical (unpaired) electrons. The molecule has 1 heterocycles. The van der Waals surface area contributed by atoms with E-state index in [0.717, 1.165) is 5.56 Å². The molecule has 0 aliphatic heterocycles. The van der Waals surface area contributed by atoms with Crippen LogP contribution in [0.2, 0.25) is 0 Å². The maximum Gasteiger partial charge on any atom is 0.252 e. The molecule has 0 aliphatic carbocycles. The van der Waals surface area contributed by atoms with E-state index in [1.54, 1.807) is 18.4 Å². The van der Waals surface area contributed by atoms with Gasteiger partial charge in [0, 0.05) is 6.54 Å². The van der Waals surface area contributed by atoms with Crippen LogP contribution in [-0.2, 0) is 4.79 Å². The van der Waals surface area contributed by atoms with Crippen molar-refractivity contribution in [2.45, 2.75) is 13.8 Å². The number of amides is 1. The van der Waals surface area contributed by atoms with Gasteiger partial charge in [0.05, 0.1) is 11.8 Å². The number of carbonyl (C=O) groups excluding carboxylic acids is 1. The maximum atomic E-state index is 12.4. The highest BCUT2D eigenvalue weighted by Gasteiger charge is 2.12. The van der Waals surface area contributed by atoms with E-state index in [1.165, 1.54) is 0 Å². The molecule has 0 bridgehead atoms. The van der Waals surface area contributed by atoms with Crippen LogP contribution in [0.15, 0.2) is 53.1 Å². The summed E-state index contributed by atoms with van der Waals surface area (Å²) in [4.78, 5) is 12.4. The summed E-state index contributed by atoms with van der Waals surface area (Å²) in [6.07, 6.45) is 3.37. The topological polar surface area (TPSA) is 42.2 Å². The minimum Gasteiger partial charge on any atom is -0.465 e. The lowest BCUT2D eigenvalue weighted by molar-refractivity contribution is -0.115. The van der Waals surface area contributed by atoms with E-state index < -0.39 is 0 Å². The first-order valence-electron chi connectivity index (χ1n) is 6.75. The second kappa shape index (κ2) is 6.75. The zero-order chi connectivity index (χ0) is 14.4. The van der Waals surface area contributed by atoms with Crippen LogP contribution in [0.4, 0.5) is 0 Å². The van der Waals surface area contributed by atoms with Crippen LogP contribution < -0.4 is 5.32 Å². The molecule has 0 fully saturated rings. The molecule has 3 nitrogen and oxygen atoms in total. The molecule has 1 aromatic carbocycles. The summed E-state index contributed by atoms with van der Waals surface area (Å²) in [6.45, 7) is 4.79. The Morgan fingerprint density at radius 2 is 1.95 bits per heavy atom. The van der Waals surface area contributed by atoms with Gasteiger partial charge in [-0.2, -0.15) is 0 Å². The van der Waals surface area contributed by atoms with Crippen molar-refractivity contribution in [1.82, 2.24) is 5.32 Å². The molecule has 0 aliphatic rings. The molecule has 104 valence electrons. The highest BCUT2D eigenvalue weighted by atomic mass is 16.3. The van der Waals surface area contributed by atoms with Crippen molar-refractivity contribution in [3.63, 3.8) is 0 Å². The number of carbonyl (C=O) groups is 1. The summed E-state index contributed by atoms with van der Waals surface area (Å²) in [5.41, 5.74) is 1.49. The number of rotatable bonds is 5. The maximum absolute atomic E-state index is 12.4. The van der Waals surface area contributed by atoms with Crippen molar-refractivity contribution < 1.29 is 9.21 Å². The summed E-state index contributed by atoms with van der Waals surface area (Å²) in [6, 6.07) is 13.2. The lowest BCUT2D eigenvalue weighted by Gasteiger charge is -2.10. The molecule has 1 amide bonds. The first kappa shape index (κ1) is 14.1. The number of benzene rings is 1. The van der Waals surface area contributed by atoms with E-state index in [2.05, 4.69) is 19.2 Å². The Hall–Kier alpha value is -2.29. The van der Waals surface area contributed by atoms with E-state index in [-0.39, 0.29) is 5.91 Å². The van der Waals surface area contributed by atoms with Gasteiger partial charge in [-0.25, -0.2) is 0 Å². The Balaban J connectivity index is 2.28. The van der Waals surface area contributed by atoms with Gasteiger partial charge in [-0.15, -0.1) is 0 Å². The van der Waals surface area contributed by atoms with Gasteiger partial charge in [-0.1, -0.05) is 44.2 Å². The summed E-state index contributed by atoms with van der Waals surface area (Å²) >= 11 is 0. The normalized spacial score (nSPS) is 11.7.